The Morgan fingerprint density at radius 2 is 1.59 bits per heavy atom. The van der Waals surface area contributed by atoms with E-state index in [0.717, 1.165) is 12.0 Å². The van der Waals surface area contributed by atoms with Gasteiger partial charge in [0.25, 0.3) is 5.91 Å². The maximum absolute atomic E-state index is 11.7. The lowest BCUT2D eigenvalue weighted by atomic mass is 10.1. The zero-order valence-electron chi connectivity index (χ0n) is 12.3. The van der Waals surface area contributed by atoms with Crippen molar-refractivity contribution < 1.29 is 9.59 Å². The summed E-state index contributed by atoms with van der Waals surface area (Å²) < 4.78 is 0. The highest BCUT2D eigenvalue weighted by atomic mass is 16.2. The minimum atomic E-state index is -0.166. The summed E-state index contributed by atoms with van der Waals surface area (Å²) in [6.07, 6.45) is 4.30. The summed E-state index contributed by atoms with van der Waals surface area (Å²) in [4.78, 5) is 27.3. The molecule has 0 spiro atoms. The summed E-state index contributed by atoms with van der Waals surface area (Å²) >= 11 is 0. The quantitative estimate of drug-likeness (QED) is 0.762. The molecule has 0 aliphatic rings. The predicted octanol–water partition coefficient (Wildman–Crippen LogP) is 1.56. The second-order valence-electron chi connectivity index (χ2n) is 4.83. The topological polar surface area (TPSA) is 71.1 Å². The number of rotatable bonds is 7. The van der Waals surface area contributed by atoms with Crippen molar-refractivity contribution >= 4 is 11.8 Å². The summed E-state index contributed by atoms with van der Waals surface area (Å²) in [6, 6.07) is 13.2. The van der Waals surface area contributed by atoms with Gasteiger partial charge in [0.15, 0.2) is 0 Å². The summed E-state index contributed by atoms with van der Waals surface area (Å²) in [5, 5.41) is 5.54. The lowest BCUT2D eigenvalue weighted by molar-refractivity contribution is -0.121. The van der Waals surface area contributed by atoms with E-state index >= 15 is 0 Å². The van der Waals surface area contributed by atoms with E-state index in [1.165, 1.54) is 0 Å². The average molecular weight is 297 g/mol. The first-order valence-electron chi connectivity index (χ1n) is 7.24. The van der Waals surface area contributed by atoms with Gasteiger partial charge in [-0.2, -0.15) is 0 Å². The molecule has 0 atom stereocenters. The van der Waals surface area contributed by atoms with Crippen LogP contribution in [0.15, 0.2) is 54.9 Å². The number of carbonyl (C=O) groups excluding carboxylic acids is 2. The molecule has 2 rings (SSSR count). The monoisotopic (exact) mass is 297 g/mol. The van der Waals surface area contributed by atoms with E-state index in [2.05, 4.69) is 15.6 Å². The van der Waals surface area contributed by atoms with Crippen molar-refractivity contribution in [3.8, 4) is 0 Å². The van der Waals surface area contributed by atoms with E-state index < -0.39 is 0 Å². The fourth-order valence-electron chi connectivity index (χ4n) is 1.97. The third-order valence-electron chi connectivity index (χ3n) is 3.16. The van der Waals surface area contributed by atoms with Crippen LogP contribution in [0.5, 0.6) is 0 Å². The summed E-state index contributed by atoms with van der Waals surface area (Å²) in [5.41, 5.74) is 1.70. The van der Waals surface area contributed by atoms with Crippen LogP contribution >= 0.6 is 0 Å². The van der Waals surface area contributed by atoms with Crippen LogP contribution in [0, 0.1) is 0 Å². The predicted molar refractivity (Wildman–Crippen MR) is 84.3 cm³/mol. The van der Waals surface area contributed by atoms with E-state index in [4.69, 9.17) is 0 Å². The average Bonchev–Trinajstić information content (AvgIpc) is 2.58. The van der Waals surface area contributed by atoms with E-state index in [0.29, 0.717) is 25.1 Å². The number of nitrogens with zero attached hydrogens (tertiary/aromatic N) is 1. The fourth-order valence-corrected chi connectivity index (χ4v) is 1.97. The van der Waals surface area contributed by atoms with Gasteiger partial charge in [-0.25, -0.2) is 0 Å². The normalized spacial score (nSPS) is 10.0. The van der Waals surface area contributed by atoms with Crippen molar-refractivity contribution in [2.24, 2.45) is 0 Å². The molecule has 1 aromatic heterocycles. The molecular formula is C17H19N3O2. The van der Waals surface area contributed by atoms with Crippen molar-refractivity contribution in [1.29, 1.82) is 0 Å². The number of pyridine rings is 1. The maximum Gasteiger partial charge on any atom is 0.251 e. The minimum Gasteiger partial charge on any atom is -0.354 e. The number of hydrogen-bond acceptors (Lipinski definition) is 3. The molecule has 0 saturated carbocycles. The van der Waals surface area contributed by atoms with Crippen LogP contribution in [0.4, 0.5) is 0 Å². The van der Waals surface area contributed by atoms with Crippen molar-refractivity contribution in [1.82, 2.24) is 15.6 Å². The Morgan fingerprint density at radius 3 is 2.32 bits per heavy atom. The van der Waals surface area contributed by atoms with Crippen LogP contribution in [0.25, 0.3) is 0 Å². The lowest BCUT2D eigenvalue weighted by Gasteiger charge is -2.07. The molecular weight excluding hydrogens is 278 g/mol. The number of nitrogens with one attached hydrogen (secondary N) is 2. The molecule has 0 fully saturated rings. The lowest BCUT2D eigenvalue weighted by Crippen LogP contribution is -2.34. The molecule has 0 unspecified atom stereocenters. The molecule has 0 radical (unpaired) electrons. The molecule has 0 aliphatic heterocycles. The molecule has 2 amide bonds. The van der Waals surface area contributed by atoms with Gasteiger partial charge in [0.2, 0.25) is 5.91 Å². The summed E-state index contributed by atoms with van der Waals surface area (Å²) in [7, 11) is 0. The highest BCUT2D eigenvalue weighted by Crippen LogP contribution is 2.01. The van der Waals surface area contributed by atoms with Crippen molar-refractivity contribution in [2.75, 3.05) is 13.1 Å². The highest BCUT2D eigenvalue weighted by molar-refractivity contribution is 5.93. The zero-order valence-corrected chi connectivity index (χ0v) is 12.3. The van der Waals surface area contributed by atoms with Crippen LogP contribution in [-0.4, -0.2) is 29.9 Å². The molecule has 1 heterocycles. The van der Waals surface area contributed by atoms with Gasteiger partial charge in [-0.05, 0) is 24.1 Å². The number of carbonyl (C=O) groups is 2. The fraction of sp³-hybridized carbons (Fsp3) is 0.235. The van der Waals surface area contributed by atoms with Gasteiger partial charge in [0.1, 0.15) is 0 Å². The molecule has 2 N–H and O–H groups in total. The van der Waals surface area contributed by atoms with Crippen LogP contribution in [0.2, 0.25) is 0 Å². The molecule has 0 bridgehead atoms. The molecule has 114 valence electrons. The summed E-state index contributed by atoms with van der Waals surface area (Å²) in [6.45, 7) is 0.822. The van der Waals surface area contributed by atoms with Gasteiger partial charge in [-0.15, -0.1) is 0 Å². The first kappa shape index (κ1) is 15.7. The van der Waals surface area contributed by atoms with Crippen molar-refractivity contribution in [2.45, 2.75) is 12.8 Å². The third-order valence-corrected chi connectivity index (χ3v) is 3.16. The number of amides is 2. The Bertz CT molecular complexity index is 600. The molecule has 0 saturated heterocycles. The Hall–Kier alpha value is -2.69. The minimum absolute atomic E-state index is 0.0120. The van der Waals surface area contributed by atoms with Gasteiger partial charge < -0.3 is 10.6 Å². The molecule has 0 aliphatic carbocycles. The standard InChI is InChI=1S/C17H19N3O2/c21-16(7-6-14-4-2-1-3-5-14)19-12-13-20-17(22)15-8-10-18-11-9-15/h1-5,8-11H,6-7,12-13H2,(H,19,21)(H,20,22). The maximum atomic E-state index is 11.7. The van der Waals surface area contributed by atoms with Crippen LogP contribution in [0.3, 0.4) is 0 Å². The molecule has 5 heteroatoms. The van der Waals surface area contributed by atoms with Crippen LogP contribution < -0.4 is 10.6 Å². The van der Waals surface area contributed by atoms with E-state index in [1.54, 1.807) is 24.5 Å². The second-order valence-corrected chi connectivity index (χ2v) is 4.83. The van der Waals surface area contributed by atoms with Crippen LogP contribution in [-0.2, 0) is 11.2 Å². The Morgan fingerprint density at radius 1 is 0.909 bits per heavy atom. The number of benzene rings is 1. The van der Waals surface area contributed by atoms with Crippen LogP contribution in [0.1, 0.15) is 22.3 Å². The largest absolute Gasteiger partial charge is 0.354 e. The van der Waals surface area contributed by atoms with E-state index in [9.17, 15) is 9.59 Å². The number of aromatic nitrogens is 1. The van der Waals surface area contributed by atoms with Gasteiger partial charge in [0.05, 0.1) is 0 Å². The molecule has 22 heavy (non-hydrogen) atoms. The number of hydrogen-bond donors (Lipinski definition) is 2. The van der Waals surface area contributed by atoms with Gasteiger partial charge in [-0.3, -0.25) is 14.6 Å². The molecule has 5 nitrogen and oxygen atoms in total. The van der Waals surface area contributed by atoms with E-state index in [1.807, 2.05) is 30.3 Å². The van der Waals surface area contributed by atoms with Gasteiger partial charge >= 0.3 is 0 Å². The third kappa shape index (κ3) is 5.36. The second kappa shape index (κ2) is 8.56. The van der Waals surface area contributed by atoms with Crippen molar-refractivity contribution in [3.05, 3.63) is 66.0 Å². The first-order chi connectivity index (χ1) is 10.8. The van der Waals surface area contributed by atoms with Gasteiger partial charge in [0, 0.05) is 37.5 Å². The highest BCUT2D eigenvalue weighted by Gasteiger charge is 2.04. The number of aryl methyl sites for hydroxylation is 1. The Kier molecular flexibility index (Phi) is 6.11. The summed E-state index contributed by atoms with van der Waals surface area (Å²) in [5.74, 6) is -0.178. The SMILES string of the molecule is O=C(CCc1ccccc1)NCCNC(=O)c1ccncc1. The van der Waals surface area contributed by atoms with Crippen molar-refractivity contribution in [3.63, 3.8) is 0 Å². The zero-order chi connectivity index (χ0) is 15.6. The molecule has 2 aromatic rings. The smallest absolute Gasteiger partial charge is 0.251 e. The molecule has 1 aromatic carbocycles. The Balaban J connectivity index is 1.60. The van der Waals surface area contributed by atoms with Gasteiger partial charge in [-0.1, -0.05) is 30.3 Å². The first-order valence-corrected chi connectivity index (χ1v) is 7.24. The van der Waals surface area contributed by atoms with E-state index in [-0.39, 0.29) is 11.8 Å². The Labute approximate surface area is 129 Å².